The lowest BCUT2D eigenvalue weighted by atomic mass is 10.1. The molecule has 0 radical (unpaired) electrons. The molecule has 0 saturated carbocycles. The van der Waals surface area contributed by atoms with Crippen molar-refractivity contribution in [2.45, 2.75) is 26.8 Å². The molecule has 1 saturated heterocycles. The Labute approximate surface area is 151 Å². The summed E-state index contributed by atoms with van der Waals surface area (Å²) in [6.45, 7) is 9.10. The molecule has 0 amide bonds. The number of piperazine rings is 1. The van der Waals surface area contributed by atoms with Gasteiger partial charge >= 0.3 is 0 Å². The average Bonchev–Trinajstić information content (AvgIpc) is 3.12. The fourth-order valence-electron chi connectivity index (χ4n) is 3.35. The second kappa shape index (κ2) is 7.01. The van der Waals surface area contributed by atoms with Crippen LogP contribution in [0.3, 0.4) is 0 Å². The molecule has 1 aliphatic heterocycles. The number of anilines is 1. The number of nitrogens with zero attached hydrogens (tertiary/aromatic N) is 6. The monoisotopic (exact) mass is 354 g/mol. The first-order valence-electron chi connectivity index (χ1n) is 8.74. The molecular weight excluding hydrogens is 332 g/mol. The van der Waals surface area contributed by atoms with Gasteiger partial charge in [-0.2, -0.15) is 8.75 Å². The lowest BCUT2D eigenvalue weighted by Gasteiger charge is -2.36. The fourth-order valence-corrected chi connectivity index (χ4v) is 3.92. The van der Waals surface area contributed by atoms with Gasteiger partial charge in [0.25, 0.3) is 0 Å². The molecule has 3 heterocycles. The van der Waals surface area contributed by atoms with Crippen molar-refractivity contribution in [2.75, 3.05) is 31.1 Å². The topological polar surface area (TPSA) is 58.0 Å². The third-order valence-electron chi connectivity index (χ3n) is 4.78. The maximum atomic E-state index is 4.69. The van der Waals surface area contributed by atoms with E-state index in [1.54, 1.807) is 0 Å². The quantitative estimate of drug-likeness (QED) is 0.718. The van der Waals surface area contributed by atoms with Crippen LogP contribution in [0.25, 0.3) is 11.0 Å². The van der Waals surface area contributed by atoms with E-state index in [9.17, 15) is 0 Å². The minimum Gasteiger partial charge on any atom is -0.354 e. The van der Waals surface area contributed by atoms with Crippen LogP contribution in [-0.2, 0) is 13.0 Å². The fraction of sp³-hybridized carbons (Fsp3) is 0.444. The van der Waals surface area contributed by atoms with Gasteiger partial charge in [-0.05, 0) is 25.0 Å². The summed E-state index contributed by atoms with van der Waals surface area (Å²) in [7, 11) is 0. The van der Waals surface area contributed by atoms with Crippen LogP contribution >= 0.6 is 11.7 Å². The Morgan fingerprint density at radius 1 is 1.08 bits per heavy atom. The Balaban J connectivity index is 1.45. The Bertz CT molecular complexity index is 869. The van der Waals surface area contributed by atoms with Crippen molar-refractivity contribution < 1.29 is 0 Å². The maximum absolute atomic E-state index is 4.69. The van der Waals surface area contributed by atoms with Gasteiger partial charge in [0.05, 0.1) is 11.7 Å². The smallest absolute Gasteiger partial charge is 0.135 e. The molecule has 0 N–H and O–H groups in total. The second-order valence-electron chi connectivity index (χ2n) is 6.43. The number of hydrogen-bond donors (Lipinski definition) is 0. The molecule has 4 rings (SSSR count). The SMILES string of the molecule is CCc1cnc(C)nc1N1CCN(Cc2cccc3nsnc23)CC1. The van der Waals surface area contributed by atoms with Gasteiger partial charge in [-0.15, -0.1) is 0 Å². The van der Waals surface area contributed by atoms with Gasteiger partial charge in [-0.3, -0.25) is 4.90 Å². The van der Waals surface area contributed by atoms with Crippen LogP contribution in [0.4, 0.5) is 5.82 Å². The summed E-state index contributed by atoms with van der Waals surface area (Å²) in [5.41, 5.74) is 4.56. The minimum absolute atomic E-state index is 0.845. The summed E-state index contributed by atoms with van der Waals surface area (Å²) in [6.07, 6.45) is 2.94. The molecule has 1 aromatic carbocycles. The lowest BCUT2D eigenvalue weighted by Crippen LogP contribution is -2.46. The molecule has 130 valence electrons. The molecule has 0 unspecified atom stereocenters. The lowest BCUT2D eigenvalue weighted by molar-refractivity contribution is 0.250. The predicted octanol–water partition coefficient (Wildman–Crippen LogP) is 2.67. The first kappa shape index (κ1) is 16.4. The van der Waals surface area contributed by atoms with Crippen molar-refractivity contribution in [1.29, 1.82) is 0 Å². The van der Waals surface area contributed by atoms with Crippen LogP contribution in [0.1, 0.15) is 23.9 Å². The summed E-state index contributed by atoms with van der Waals surface area (Å²) < 4.78 is 8.80. The highest BCUT2D eigenvalue weighted by Crippen LogP contribution is 2.22. The highest BCUT2D eigenvalue weighted by molar-refractivity contribution is 7.00. The summed E-state index contributed by atoms with van der Waals surface area (Å²) >= 11 is 1.29. The van der Waals surface area contributed by atoms with E-state index in [0.29, 0.717) is 0 Å². The maximum Gasteiger partial charge on any atom is 0.135 e. The zero-order valence-electron chi connectivity index (χ0n) is 14.6. The Hall–Kier alpha value is -2.12. The normalized spacial score (nSPS) is 15.8. The Morgan fingerprint density at radius 3 is 2.72 bits per heavy atom. The molecule has 7 heteroatoms. The van der Waals surface area contributed by atoms with E-state index in [0.717, 1.165) is 61.8 Å². The molecule has 0 aliphatic carbocycles. The molecule has 2 aromatic heterocycles. The summed E-state index contributed by atoms with van der Waals surface area (Å²) in [5.74, 6) is 1.96. The van der Waals surface area contributed by atoms with Gasteiger partial charge in [0.2, 0.25) is 0 Å². The highest BCUT2D eigenvalue weighted by atomic mass is 32.1. The molecule has 0 atom stereocenters. The molecule has 6 nitrogen and oxygen atoms in total. The zero-order chi connectivity index (χ0) is 17.2. The summed E-state index contributed by atoms with van der Waals surface area (Å²) in [6, 6.07) is 6.27. The van der Waals surface area contributed by atoms with Gasteiger partial charge in [-0.1, -0.05) is 19.1 Å². The van der Waals surface area contributed by atoms with Gasteiger partial charge in [0, 0.05) is 44.5 Å². The van der Waals surface area contributed by atoms with Crippen molar-refractivity contribution in [2.24, 2.45) is 0 Å². The van der Waals surface area contributed by atoms with Crippen LogP contribution in [0.2, 0.25) is 0 Å². The first-order valence-corrected chi connectivity index (χ1v) is 9.47. The number of fused-ring (bicyclic) bond motifs is 1. The largest absolute Gasteiger partial charge is 0.354 e. The van der Waals surface area contributed by atoms with Crippen LogP contribution in [0.5, 0.6) is 0 Å². The number of rotatable bonds is 4. The molecular formula is C18H22N6S. The predicted molar refractivity (Wildman–Crippen MR) is 101 cm³/mol. The van der Waals surface area contributed by atoms with E-state index in [1.807, 2.05) is 19.2 Å². The van der Waals surface area contributed by atoms with Gasteiger partial charge < -0.3 is 4.90 Å². The standard InChI is InChI=1S/C18H22N6S/c1-3-14-11-19-13(2)20-18(14)24-9-7-23(8-10-24)12-15-5-4-6-16-17(15)22-25-21-16/h4-6,11H,3,7-10,12H2,1-2H3. The summed E-state index contributed by atoms with van der Waals surface area (Å²) in [4.78, 5) is 13.9. The second-order valence-corrected chi connectivity index (χ2v) is 6.96. The average molecular weight is 354 g/mol. The van der Waals surface area contributed by atoms with Crippen molar-refractivity contribution >= 4 is 28.6 Å². The van der Waals surface area contributed by atoms with Crippen LogP contribution < -0.4 is 4.90 Å². The Kier molecular flexibility index (Phi) is 4.59. The third kappa shape index (κ3) is 3.34. The van der Waals surface area contributed by atoms with Crippen molar-refractivity contribution in [3.63, 3.8) is 0 Å². The molecule has 1 fully saturated rings. The van der Waals surface area contributed by atoms with E-state index >= 15 is 0 Å². The number of aryl methyl sites for hydroxylation is 2. The zero-order valence-corrected chi connectivity index (χ0v) is 15.5. The number of benzene rings is 1. The highest BCUT2D eigenvalue weighted by Gasteiger charge is 2.21. The van der Waals surface area contributed by atoms with Crippen LogP contribution in [0, 0.1) is 6.92 Å². The number of aromatic nitrogens is 4. The third-order valence-corrected chi connectivity index (χ3v) is 5.32. The van der Waals surface area contributed by atoms with E-state index in [2.05, 4.69) is 42.6 Å². The van der Waals surface area contributed by atoms with Crippen molar-refractivity contribution in [3.05, 3.63) is 41.3 Å². The molecule has 3 aromatic rings. The van der Waals surface area contributed by atoms with E-state index in [-0.39, 0.29) is 0 Å². The van der Waals surface area contributed by atoms with Crippen molar-refractivity contribution in [1.82, 2.24) is 23.6 Å². The Morgan fingerprint density at radius 2 is 1.92 bits per heavy atom. The van der Waals surface area contributed by atoms with Crippen LogP contribution in [0.15, 0.2) is 24.4 Å². The number of hydrogen-bond acceptors (Lipinski definition) is 7. The first-order chi connectivity index (χ1) is 12.2. The van der Waals surface area contributed by atoms with Gasteiger partial charge in [-0.25, -0.2) is 9.97 Å². The molecule has 25 heavy (non-hydrogen) atoms. The molecule has 0 bridgehead atoms. The van der Waals surface area contributed by atoms with E-state index in [1.165, 1.54) is 22.9 Å². The van der Waals surface area contributed by atoms with Crippen molar-refractivity contribution in [3.8, 4) is 0 Å². The molecule has 1 aliphatic rings. The van der Waals surface area contributed by atoms with Crippen LogP contribution in [-0.4, -0.2) is 49.8 Å². The molecule has 0 spiro atoms. The van der Waals surface area contributed by atoms with E-state index in [4.69, 9.17) is 4.98 Å². The van der Waals surface area contributed by atoms with Gasteiger partial charge in [0.1, 0.15) is 22.7 Å². The van der Waals surface area contributed by atoms with Gasteiger partial charge in [0.15, 0.2) is 0 Å². The summed E-state index contributed by atoms with van der Waals surface area (Å²) in [5, 5.41) is 0. The minimum atomic E-state index is 0.845. The van der Waals surface area contributed by atoms with E-state index < -0.39 is 0 Å².